The first kappa shape index (κ1) is 17.1. The topological polar surface area (TPSA) is 91.3 Å². The van der Waals surface area contributed by atoms with Gasteiger partial charge in [0, 0.05) is 11.6 Å². The quantitative estimate of drug-likeness (QED) is 0.792. The molecule has 1 saturated carbocycles. The molecule has 2 rings (SSSR count). The number of pyridine rings is 1. The molecule has 1 unspecified atom stereocenters. The van der Waals surface area contributed by atoms with Crippen LogP contribution in [0.1, 0.15) is 44.2 Å². The van der Waals surface area contributed by atoms with Crippen molar-refractivity contribution in [3.8, 4) is 0 Å². The van der Waals surface area contributed by atoms with Crippen molar-refractivity contribution in [2.75, 3.05) is 0 Å². The standard InChI is InChI=1S/C15H19F2N3O3/c1-8(13-11(16)6-18-7-12(13)17)19-15(23)20-10-4-2-9(3-5-10)14(21)22/h6-10H,2-5H2,1H3,(H,21,22)(H2,19,20,23). The molecule has 1 aromatic rings. The van der Waals surface area contributed by atoms with Crippen molar-refractivity contribution in [3.05, 3.63) is 29.6 Å². The molecule has 6 nitrogen and oxygen atoms in total. The number of aromatic nitrogens is 1. The highest BCUT2D eigenvalue weighted by Gasteiger charge is 2.27. The van der Waals surface area contributed by atoms with Crippen LogP contribution in [0.25, 0.3) is 0 Å². The van der Waals surface area contributed by atoms with E-state index in [1.165, 1.54) is 6.92 Å². The number of carboxylic acid groups (broad SMARTS) is 1. The highest BCUT2D eigenvalue weighted by molar-refractivity contribution is 5.75. The van der Waals surface area contributed by atoms with E-state index in [4.69, 9.17) is 5.11 Å². The summed E-state index contributed by atoms with van der Waals surface area (Å²) in [4.78, 5) is 26.2. The smallest absolute Gasteiger partial charge is 0.315 e. The van der Waals surface area contributed by atoms with Gasteiger partial charge in [0.2, 0.25) is 0 Å². The summed E-state index contributed by atoms with van der Waals surface area (Å²) in [7, 11) is 0. The Labute approximate surface area is 132 Å². The predicted octanol–water partition coefficient (Wildman–Crippen LogP) is 2.36. The first-order valence-electron chi connectivity index (χ1n) is 7.47. The van der Waals surface area contributed by atoms with E-state index in [0.717, 1.165) is 12.4 Å². The zero-order valence-electron chi connectivity index (χ0n) is 12.7. The van der Waals surface area contributed by atoms with Gasteiger partial charge in [0.1, 0.15) is 11.6 Å². The number of halogens is 2. The minimum atomic E-state index is -0.853. The van der Waals surface area contributed by atoms with Gasteiger partial charge in [0.05, 0.1) is 24.4 Å². The van der Waals surface area contributed by atoms with Gasteiger partial charge in [0.15, 0.2) is 0 Å². The number of rotatable bonds is 4. The van der Waals surface area contributed by atoms with Crippen molar-refractivity contribution in [2.45, 2.75) is 44.7 Å². The number of hydrogen-bond donors (Lipinski definition) is 3. The molecule has 0 aromatic carbocycles. The Morgan fingerprint density at radius 3 is 2.30 bits per heavy atom. The molecule has 1 aliphatic carbocycles. The lowest BCUT2D eigenvalue weighted by molar-refractivity contribution is -0.142. The molecule has 3 N–H and O–H groups in total. The Bertz CT molecular complexity index is 569. The Morgan fingerprint density at radius 1 is 1.22 bits per heavy atom. The fraction of sp³-hybridized carbons (Fsp3) is 0.533. The maximum Gasteiger partial charge on any atom is 0.315 e. The van der Waals surface area contributed by atoms with E-state index in [1.807, 2.05) is 0 Å². The summed E-state index contributed by atoms with van der Waals surface area (Å²) in [6, 6.07) is -1.52. The fourth-order valence-electron chi connectivity index (χ4n) is 2.82. The molecule has 8 heteroatoms. The second kappa shape index (κ2) is 7.34. The van der Waals surface area contributed by atoms with E-state index in [9.17, 15) is 18.4 Å². The molecule has 1 aliphatic rings. The number of carbonyl (C=O) groups excluding carboxylic acids is 1. The summed E-state index contributed by atoms with van der Waals surface area (Å²) in [6.07, 6.45) is 3.92. The summed E-state index contributed by atoms with van der Waals surface area (Å²) < 4.78 is 27.2. The molecule has 1 atom stereocenters. The van der Waals surface area contributed by atoms with Gasteiger partial charge in [0.25, 0.3) is 0 Å². The molecule has 23 heavy (non-hydrogen) atoms. The van der Waals surface area contributed by atoms with Crippen LogP contribution >= 0.6 is 0 Å². The van der Waals surface area contributed by atoms with Crippen molar-refractivity contribution >= 4 is 12.0 Å². The lowest BCUT2D eigenvalue weighted by atomic mass is 9.86. The van der Waals surface area contributed by atoms with Gasteiger partial charge in [-0.1, -0.05) is 0 Å². The molecule has 0 bridgehead atoms. The monoisotopic (exact) mass is 327 g/mol. The highest BCUT2D eigenvalue weighted by Crippen LogP contribution is 2.24. The normalized spacial score (nSPS) is 22.2. The Hall–Kier alpha value is -2.25. The molecule has 1 aromatic heterocycles. The molecule has 0 spiro atoms. The third-order valence-electron chi connectivity index (χ3n) is 4.08. The van der Waals surface area contributed by atoms with Crippen molar-refractivity contribution in [2.24, 2.45) is 5.92 Å². The van der Waals surface area contributed by atoms with Gasteiger partial charge in [-0.05, 0) is 32.6 Å². The molecule has 1 heterocycles. The maximum absolute atomic E-state index is 13.6. The number of nitrogens with zero attached hydrogens (tertiary/aromatic N) is 1. The summed E-state index contributed by atoms with van der Waals surface area (Å²) in [5, 5.41) is 14.1. The van der Waals surface area contributed by atoms with Crippen molar-refractivity contribution in [1.29, 1.82) is 0 Å². The second-order valence-electron chi connectivity index (χ2n) is 5.74. The lowest BCUT2D eigenvalue weighted by Gasteiger charge is -2.27. The van der Waals surface area contributed by atoms with E-state index in [2.05, 4.69) is 15.6 Å². The minimum absolute atomic E-state index is 0.134. The predicted molar refractivity (Wildman–Crippen MR) is 77.6 cm³/mol. The molecular formula is C15H19F2N3O3. The third-order valence-corrected chi connectivity index (χ3v) is 4.08. The van der Waals surface area contributed by atoms with Gasteiger partial charge >= 0.3 is 12.0 Å². The Balaban J connectivity index is 1.87. The van der Waals surface area contributed by atoms with Crippen molar-refractivity contribution < 1.29 is 23.5 Å². The summed E-state index contributed by atoms with van der Waals surface area (Å²) in [6.45, 7) is 1.47. The number of carbonyl (C=O) groups is 2. The summed E-state index contributed by atoms with van der Waals surface area (Å²) >= 11 is 0. The number of hydrogen-bond acceptors (Lipinski definition) is 3. The number of urea groups is 1. The zero-order chi connectivity index (χ0) is 17.0. The average molecular weight is 327 g/mol. The number of nitrogens with one attached hydrogen (secondary N) is 2. The van der Waals surface area contributed by atoms with E-state index in [1.54, 1.807) is 0 Å². The molecule has 2 amide bonds. The second-order valence-corrected chi connectivity index (χ2v) is 5.74. The summed E-state index contributed by atoms with van der Waals surface area (Å²) in [5.41, 5.74) is -0.246. The van der Waals surface area contributed by atoms with Crippen LogP contribution in [-0.2, 0) is 4.79 Å². The fourth-order valence-corrected chi connectivity index (χ4v) is 2.82. The van der Waals surface area contributed by atoms with Crippen LogP contribution in [0.3, 0.4) is 0 Å². The molecule has 0 radical (unpaired) electrons. The van der Waals surface area contributed by atoms with Gasteiger partial charge in [-0.15, -0.1) is 0 Å². The maximum atomic E-state index is 13.6. The Kier molecular flexibility index (Phi) is 5.46. The van der Waals surface area contributed by atoms with Crippen LogP contribution in [0, 0.1) is 17.6 Å². The number of amides is 2. The third kappa shape index (κ3) is 4.37. The van der Waals surface area contributed by atoms with Crippen LogP contribution in [0.5, 0.6) is 0 Å². The van der Waals surface area contributed by atoms with Crippen molar-refractivity contribution in [3.63, 3.8) is 0 Å². The van der Waals surface area contributed by atoms with Gasteiger partial charge in [-0.25, -0.2) is 13.6 Å². The minimum Gasteiger partial charge on any atom is -0.481 e. The van der Waals surface area contributed by atoms with E-state index < -0.39 is 29.7 Å². The SMILES string of the molecule is CC(NC(=O)NC1CCC(C(=O)O)CC1)c1c(F)cncc1F. The molecule has 0 aliphatic heterocycles. The first-order chi connectivity index (χ1) is 10.9. The lowest BCUT2D eigenvalue weighted by Crippen LogP contribution is -2.45. The molecular weight excluding hydrogens is 308 g/mol. The molecule has 1 fully saturated rings. The van der Waals surface area contributed by atoms with Crippen molar-refractivity contribution in [1.82, 2.24) is 15.6 Å². The number of aliphatic carboxylic acids is 1. The van der Waals surface area contributed by atoms with Crippen LogP contribution in [0.4, 0.5) is 13.6 Å². The molecule has 126 valence electrons. The van der Waals surface area contributed by atoms with E-state index in [0.29, 0.717) is 25.7 Å². The number of carboxylic acids is 1. The van der Waals surface area contributed by atoms with E-state index in [-0.39, 0.29) is 17.5 Å². The van der Waals surface area contributed by atoms with Crippen LogP contribution in [-0.4, -0.2) is 28.1 Å². The summed E-state index contributed by atoms with van der Waals surface area (Å²) in [5.74, 6) is -2.82. The van der Waals surface area contributed by atoms with Crippen LogP contribution in [0.2, 0.25) is 0 Å². The van der Waals surface area contributed by atoms with Gasteiger partial charge in [-0.2, -0.15) is 0 Å². The first-order valence-corrected chi connectivity index (χ1v) is 7.47. The molecule has 0 saturated heterocycles. The van der Waals surface area contributed by atoms with Crippen LogP contribution in [0.15, 0.2) is 12.4 Å². The van der Waals surface area contributed by atoms with E-state index >= 15 is 0 Å². The van der Waals surface area contributed by atoms with Gasteiger partial charge < -0.3 is 15.7 Å². The Morgan fingerprint density at radius 2 is 1.78 bits per heavy atom. The average Bonchev–Trinajstić information content (AvgIpc) is 2.47. The highest BCUT2D eigenvalue weighted by atomic mass is 19.1. The zero-order valence-corrected chi connectivity index (χ0v) is 12.7. The largest absolute Gasteiger partial charge is 0.481 e. The van der Waals surface area contributed by atoms with Gasteiger partial charge in [-0.3, -0.25) is 9.78 Å². The van der Waals surface area contributed by atoms with Crippen LogP contribution < -0.4 is 10.6 Å².